The largest absolute Gasteiger partial charge is 0.341 e. The van der Waals surface area contributed by atoms with Crippen molar-refractivity contribution in [2.75, 3.05) is 13.1 Å². The van der Waals surface area contributed by atoms with Crippen molar-refractivity contribution in [3.63, 3.8) is 0 Å². The van der Waals surface area contributed by atoms with Crippen molar-refractivity contribution in [1.82, 2.24) is 9.47 Å². The number of nitrogens with zero attached hydrogens (tertiary/aromatic N) is 2. The van der Waals surface area contributed by atoms with E-state index in [1.807, 2.05) is 58.0 Å². The maximum atomic E-state index is 13.2. The molecule has 1 saturated heterocycles. The van der Waals surface area contributed by atoms with Gasteiger partial charge in [0.2, 0.25) is 5.91 Å². The van der Waals surface area contributed by atoms with Gasteiger partial charge in [-0.25, -0.2) is 0 Å². The Kier molecular flexibility index (Phi) is 4.65. The molecule has 0 bridgehead atoms. The number of likely N-dealkylation sites (tertiary alicyclic amines) is 1. The van der Waals surface area contributed by atoms with Crippen LogP contribution < -0.4 is 5.43 Å². The van der Waals surface area contributed by atoms with E-state index in [4.69, 9.17) is 0 Å². The second-order valence-electron chi connectivity index (χ2n) is 8.89. The lowest BCUT2D eigenvalue weighted by molar-refractivity contribution is -0.134. The van der Waals surface area contributed by atoms with Gasteiger partial charge in [0, 0.05) is 23.9 Å². The number of benzene rings is 2. The first-order valence-electron chi connectivity index (χ1n) is 11.0. The van der Waals surface area contributed by atoms with E-state index in [9.17, 15) is 9.59 Å². The van der Waals surface area contributed by atoms with E-state index in [1.165, 1.54) is 32.1 Å². The third-order valence-corrected chi connectivity index (χ3v) is 7.26. The lowest BCUT2D eigenvalue weighted by Gasteiger charge is -2.44. The topological polar surface area (TPSA) is 42.3 Å². The number of para-hydroxylation sites is 2. The van der Waals surface area contributed by atoms with Crippen molar-refractivity contribution in [2.24, 2.45) is 5.41 Å². The molecule has 1 amide bonds. The van der Waals surface area contributed by atoms with Crippen LogP contribution in [0.1, 0.15) is 44.9 Å². The molecule has 0 radical (unpaired) electrons. The molecule has 0 atom stereocenters. The number of carbonyl (C=O) groups excluding carboxylic acids is 1. The molecule has 0 N–H and O–H groups in total. The molecule has 1 saturated carbocycles. The summed E-state index contributed by atoms with van der Waals surface area (Å²) in [4.78, 5) is 28.2. The summed E-state index contributed by atoms with van der Waals surface area (Å²) in [5.41, 5.74) is 2.21. The minimum absolute atomic E-state index is 0.0390. The van der Waals surface area contributed by atoms with E-state index < -0.39 is 0 Å². The molecule has 3 aromatic rings. The number of piperidine rings is 1. The second kappa shape index (κ2) is 7.33. The summed E-state index contributed by atoms with van der Waals surface area (Å²) in [6.45, 7) is 2.03. The fraction of sp³-hybridized carbons (Fsp3) is 0.440. The molecule has 1 aliphatic heterocycles. The summed E-state index contributed by atoms with van der Waals surface area (Å²) in [5.74, 6) is 0.162. The minimum atomic E-state index is 0.0390. The van der Waals surface area contributed by atoms with Gasteiger partial charge in [0.15, 0.2) is 5.43 Å². The van der Waals surface area contributed by atoms with Gasteiger partial charge < -0.3 is 9.47 Å². The molecule has 2 fully saturated rings. The Bertz CT molecular complexity index is 1050. The van der Waals surface area contributed by atoms with Crippen LogP contribution in [-0.4, -0.2) is 28.5 Å². The lowest BCUT2D eigenvalue weighted by Crippen LogP contribution is -2.45. The van der Waals surface area contributed by atoms with Crippen molar-refractivity contribution in [3.8, 4) is 0 Å². The van der Waals surface area contributed by atoms with Crippen molar-refractivity contribution in [2.45, 2.75) is 51.5 Å². The van der Waals surface area contributed by atoms with E-state index >= 15 is 0 Å². The highest BCUT2D eigenvalue weighted by atomic mass is 16.2. The number of rotatable bonds is 2. The monoisotopic (exact) mass is 388 g/mol. The lowest BCUT2D eigenvalue weighted by atomic mass is 9.68. The molecule has 2 aromatic carbocycles. The molecule has 29 heavy (non-hydrogen) atoms. The molecule has 1 aliphatic carbocycles. The van der Waals surface area contributed by atoms with Gasteiger partial charge in [0.1, 0.15) is 6.54 Å². The van der Waals surface area contributed by atoms with E-state index in [0.717, 1.165) is 37.0 Å². The highest BCUT2D eigenvalue weighted by Crippen LogP contribution is 2.44. The van der Waals surface area contributed by atoms with Crippen molar-refractivity contribution in [3.05, 3.63) is 58.8 Å². The molecule has 0 unspecified atom stereocenters. The molecule has 150 valence electrons. The summed E-state index contributed by atoms with van der Waals surface area (Å²) in [6.07, 6.45) is 9.03. The van der Waals surface area contributed by atoms with Gasteiger partial charge in [-0.1, -0.05) is 43.5 Å². The number of aromatic nitrogens is 1. The van der Waals surface area contributed by atoms with Crippen LogP contribution in [0.25, 0.3) is 21.8 Å². The van der Waals surface area contributed by atoms with Crippen LogP contribution in [0.4, 0.5) is 0 Å². The average Bonchev–Trinajstić information content (AvgIpc) is 2.77. The van der Waals surface area contributed by atoms with Crippen LogP contribution in [0.15, 0.2) is 53.3 Å². The number of pyridine rings is 1. The van der Waals surface area contributed by atoms with Crippen LogP contribution in [-0.2, 0) is 11.3 Å². The SMILES string of the molecule is O=C(Cn1c2ccccc2c(=O)c2ccccc21)N1CCC2(CCCCC2)CC1. The Morgan fingerprint density at radius 1 is 0.793 bits per heavy atom. The Balaban J connectivity index is 1.45. The van der Waals surface area contributed by atoms with E-state index in [2.05, 4.69) is 0 Å². The van der Waals surface area contributed by atoms with Gasteiger partial charge >= 0.3 is 0 Å². The maximum Gasteiger partial charge on any atom is 0.242 e. The van der Waals surface area contributed by atoms with Gasteiger partial charge in [-0.15, -0.1) is 0 Å². The Morgan fingerprint density at radius 2 is 1.34 bits per heavy atom. The first-order valence-corrected chi connectivity index (χ1v) is 11.0. The van der Waals surface area contributed by atoms with Crippen molar-refractivity contribution in [1.29, 1.82) is 0 Å². The molecule has 1 spiro atoms. The van der Waals surface area contributed by atoms with Gasteiger partial charge in [-0.2, -0.15) is 0 Å². The molecule has 2 aliphatic rings. The average molecular weight is 389 g/mol. The number of hydrogen-bond donors (Lipinski definition) is 0. The van der Waals surface area contributed by atoms with Crippen LogP contribution in [0, 0.1) is 5.41 Å². The fourth-order valence-corrected chi connectivity index (χ4v) is 5.51. The molecule has 5 rings (SSSR count). The summed E-state index contributed by atoms with van der Waals surface area (Å²) in [6, 6.07) is 15.3. The Morgan fingerprint density at radius 3 is 1.93 bits per heavy atom. The summed E-state index contributed by atoms with van der Waals surface area (Å²) in [5, 5.41) is 1.36. The zero-order valence-corrected chi connectivity index (χ0v) is 16.9. The second-order valence-corrected chi connectivity index (χ2v) is 8.89. The van der Waals surface area contributed by atoms with Crippen molar-refractivity contribution >= 4 is 27.7 Å². The summed E-state index contributed by atoms with van der Waals surface area (Å²) >= 11 is 0. The predicted molar refractivity (Wildman–Crippen MR) is 117 cm³/mol. The quantitative estimate of drug-likeness (QED) is 0.596. The van der Waals surface area contributed by atoms with Crippen LogP contribution in [0.2, 0.25) is 0 Å². The fourth-order valence-electron chi connectivity index (χ4n) is 5.51. The Labute approximate surface area is 171 Å². The molecule has 2 heterocycles. The zero-order valence-electron chi connectivity index (χ0n) is 16.9. The van der Waals surface area contributed by atoms with E-state index in [1.54, 1.807) is 0 Å². The summed E-state index contributed by atoms with van der Waals surface area (Å²) in [7, 11) is 0. The molecular formula is C25H28N2O2. The zero-order chi connectivity index (χ0) is 19.8. The molecule has 4 heteroatoms. The third kappa shape index (κ3) is 3.25. The van der Waals surface area contributed by atoms with E-state index in [0.29, 0.717) is 16.2 Å². The van der Waals surface area contributed by atoms with Crippen molar-refractivity contribution < 1.29 is 4.79 Å². The third-order valence-electron chi connectivity index (χ3n) is 7.26. The first kappa shape index (κ1) is 18.4. The summed E-state index contributed by atoms with van der Waals surface area (Å²) < 4.78 is 2.03. The number of amides is 1. The van der Waals surface area contributed by atoms with E-state index in [-0.39, 0.29) is 17.9 Å². The highest BCUT2D eigenvalue weighted by Gasteiger charge is 2.36. The first-order chi connectivity index (χ1) is 14.2. The van der Waals surface area contributed by atoms with Gasteiger partial charge in [-0.3, -0.25) is 9.59 Å². The van der Waals surface area contributed by atoms with Gasteiger partial charge in [0.25, 0.3) is 0 Å². The van der Waals surface area contributed by atoms with Gasteiger partial charge in [0.05, 0.1) is 11.0 Å². The minimum Gasteiger partial charge on any atom is -0.341 e. The normalized spacial score (nSPS) is 19.1. The van der Waals surface area contributed by atoms with Crippen LogP contribution in [0.3, 0.4) is 0 Å². The van der Waals surface area contributed by atoms with Gasteiger partial charge in [-0.05, 0) is 55.4 Å². The maximum absolute atomic E-state index is 13.2. The molecule has 4 nitrogen and oxygen atoms in total. The standard InChI is InChI=1S/C25H28N2O2/c28-23(26-16-14-25(15-17-26)12-6-1-7-13-25)18-27-21-10-4-2-8-19(21)24(29)20-9-3-5-11-22(20)27/h2-5,8-11H,1,6-7,12-18H2. The molecule has 1 aromatic heterocycles. The highest BCUT2D eigenvalue weighted by molar-refractivity contribution is 5.94. The number of carbonyl (C=O) groups is 1. The van der Waals surface area contributed by atoms with Crippen LogP contribution in [0.5, 0.6) is 0 Å². The smallest absolute Gasteiger partial charge is 0.242 e. The number of fused-ring (bicyclic) bond motifs is 2. The van der Waals surface area contributed by atoms with Crippen LogP contribution >= 0.6 is 0 Å². The predicted octanol–water partition coefficient (Wildman–Crippen LogP) is 4.73. The Hall–Kier alpha value is -2.62. The molecular weight excluding hydrogens is 360 g/mol. The number of hydrogen-bond acceptors (Lipinski definition) is 2.